The van der Waals surface area contributed by atoms with Crippen LogP contribution in [0.3, 0.4) is 0 Å². The summed E-state index contributed by atoms with van der Waals surface area (Å²) in [7, 11) is 0. The molecular formula is C33H52O4. The lowest BCUT2D eigenvalue weighted by Gasteiger charge is -2.45. The Kier molecular flexibility index (Phi) is 9.24. The molecule has 4 fully saturated rings. The van der Waals surface area contributed by atoms with Crippen molar-refractivity contribution in [3.05, 3.63) is 35.5 Å². The molecule has 0 heterocycles. The molecule has 4 aliphatic rings. The largest absolute Gasteiger partial charge is 0.393 e. The van der Waals surface area contributed by atoms with Crippen LogP contribution in [-0.2, 0) is 4.79 Å². The first-order valence-corrected chi connectivity index (χ1v) is 15.3. The number of rotatable bonds is 11. The minimum absolute atomic E-state index is 0.116. The number of ketones is 1. The molecule has 4 nitrogen and oxygen atoms in total. The molecule has 4 saturated carbocycles. The van der Waals surface area contributed by atoms with E-state index < -0.39 is 12.2 Å². The second-order valence-corrected chi connectivity index (χ2v) is 13.3. The second-order valence-electron chi connectivity index (χ2n) is 13.3. The van der Waals surface area contributed by atoms with Crippen LogP contribution in [0.2, 0.25) is 0 Å². The number of carbonyl (C=O) groups excluding carboxylic acids is 1. The van der Waals surface area contributed by atoms with Crippen molar-refractivity contribution in [1.82, 2.24) is 0 Å². The Morgan fingerprint density at radius 2 is 1.92 bits per heavy atom. The van der Waals surface area contributed by atoms with Crippen LogP contribution in [0.4, 0.5) is 0 Å². The van der Waals surface area contributed by atoms with Gasteiger partial charge < -0.3 is 15.3 Å². The smallest absolute Gasteiger partial charge is 0.139 e. The van der Waals surface area contributed by atoms with Gasteiger partial charge in [-0.1, -0.05) is 57.9 Å². The molecule has 4 heteroatoms. The van der Waals surface area contributed by atoms with Crippen LogP contribution in [-0.4, -0.2) is 39.4 Å². The van der Waals surface area contributed by atoms with Gasteiger partial charge in [0.2, 0.25) is 0 Å². The Labute approximate surface area is 225 Å². The molecule has 0 bridgehead atoms. The molecule has 7 atom stereocenters. The molecular weight excluding hydrogens is 460 g/mol. The summed E-state index contributed by atoms with van der Waals surface area (Å²) in [6, 6.07) is 0. The van der Waals surface area contributed by atoms with Crippen molar-refractivity contribution >= 4 is 5.78 Å². The molecule has 4 aliphatic carbocycles. The number of hydrogen-bond acceptors (Lipinski definition) is 4. The quantitative estimate of drug-likeness (QED) is 0.265. The van der Waals surface area contributed by atoms with Crippen molar-refractivity contribution in [2.45, 2.75) is 135 Å². The Hall–Kier alpha value is -1.23. The molecule has 0 aromatic heterocycles. The van der Waals surface area contributed by atoms with Crippen LogP contribution < -0.4 is 0 Å². The van der Waals surface area contributed by atoms with Gasteiger partial charge in [0.1, 0.15) is 5.78 Å². The Morgan fingerprint density at radius 1 is 1.16 bits per heavy atom. The van der Waals surface area contributed by atoms with Gasteiger partial charge in [-0.3, -0.25) is 4.79 Å². The summed E-state index contributed by atoms with van der Waals surface area (Å²) in [4.78, 5) is 12.8. The van der Waals surface area contributed by atoms with Crippen LogP contribution >= 0.6 is 0 Å². The van der Waals surface area contributed by atoms with Gasteiger partial charge in [-0.05, 0) is 105 Å². The molecule has 0 aromatic rings. The van der Waals surface area contributed by atoms with Gasteiger partial charge in [0, 0.05) is 18.3 Å². The standard InChI is InChI=1S/C33H52O4/c1-5-6-7-10-31(37)33(18-19-33)17-15-29(35)23(3)27-13-14-28-24(9-8-16-32(27,28)4)11-12-25-20-26(34)21-30(36)22(25)2/h11-12,23,26-30,34-36H,2,5-10,13-21H2,1,3-4H3/b24-11+,25-12-/t23-,26+,27+,28-,29+,30-,32+/m0/s1. The predicted molar refractivity (Wildman–Crippen MR) is 150 cm³/mol. The minimum atomic E-state index is -0.648. The number of hydrogen-bond donors (Lipinski definition) is 3. The van der Waals surface area contributed by atoms with E-state index in [0.29, 0.717) is 30.5 Å². The fraction of sp³-hybridized carbons (Fsp3) is 0.788. The van der Waals surface area contributed by atoms with Crippen molar-refractivity contribution in [2.24, 2.45) is 28.6 Å². The topological polar surface area (TPSA) is 77.8 Å². The number of fused-ring (bicyclic) bond motifs is 1. The molecule has 3 N–H and O–H groups in total. The summed E-state index contributed by atoms with van der Waals surface area (Å²) >= 11 is 0. The average Bonchev–Trinajstić information content (AvgIpc) is 3.58. The zero-order valence-corrected chi connectivity index (χ0v) is 23.7. The second kappa shape index (κ2) is 11.9. The number of Topliss-reactive ketones (excluding diaryl/α,β-unsaturated/α-hetero) is 1. The first-order chi connectivity index (χ1) is 17.6. The summed E-state index contributed by atoms with van der Waals surface area (Å²) in [6.07, 6.45) is 17.3. The predicted octanol–water partition coefficient (Wildman–Crippen LogP) is 6.83. The van der Waals surface area contributed by atoms with E-state index in [1.165, 1.54) is 24.8 Å². The van der Waals surface area contributed by atoms with Crippen LogP contribution in [0.1, 0.15) is 117 Å². The van der Waals surface area contributed by atoms with Gasteiger partial charge >= 0.3 is 0 Å². The Bertz CT molecular complexity index is 896. The van der Waals surface area contributed by atoms with E-state index >= 15 is 0 Å². The summed E-state index contributed by atoms with van der Waals surface area (Å²) in [6.45, 7) is 10.9. The van der Waals surface area contributed by atoms with Gasteiger partial charge in [0.15, 0.2) is 0 Å². The zero-order chi connectivity index (χ0) is 26.8. The van der Waals surface area contributed by atoms with Gasteiger partial charge in [-0.25, -0.2) is 0 Å². The van der Waals surface area contributed by atoms with E-state index in [1.807, 2.05) is 0 Å². The van der Waals surface area contributed by atoms with Gasteiger partial charge in [-0.15, -0.1) is 0 Å². The lowest BCUT2D eigenvalue weighted by molar-refractivity contribution is -0.124. The fourth-order valence-corrected chi connectivity index (χ4v) is 8.18. The van der Waals surface area contributed by atoms with Crippen LogP contribution in [0.25, 0.3) is 0 Å². The maximum Gasteiger partial charge on any atom is 0.139 e. The monoisotopic (exact) mass is 512 g/mol. The van der Waals surface area contributed by atoms with Crippen molar-refractivity contribution in [2.75, 3.05) is 0 Å². The van der Waals surface area contributed by atoms with Crippen LogP contribution in [0, 0.1) is 28.6 Å². The highest BCUT2D eigenvalue weighted by Crippen LogP contribution is 2.60. The third kappa shape index (κ3) is 6.17. The number of allylic oxidation sites excluding steroid dienone is 3. The van der Waals surface area contributed by atoms with E-state index in [-0.39, 0.29) is 22.9 Å². The van der Waals surface area contributed by atoms with E-state index in [4.69, 9.17) is 0 Å². The number of unbranched alkanes of at least 4 members (excludes halogenated alkanes) is 2. The van der Waals surface area contributed by atoms with Crippen molar-refractivity contribution in [1.29, 1.82) is 0 Å². The molecule has 4 rings (SSSR count). The summed E-state index contributed by atoms with van der Waals surface area (Å²) in [5.74, 6) is 1.71. The van der Waals surface area contributed by atoms with Crippen LogP contribution in [0.5, 0.6) is 0 Å². The zero-order valence-electron chi connectivity index (χ0n) is 23.7. The lowest BCUT2D eigenvalue weighted by Crippen LogP contribution is -2.39. The maximum absolute atomic E-state index is 12.8. The van der Waals surface area contributed by atoms with E-state index in [9.17, 15) is 20.1 Å². The molecule has 0 spiro atoms. The summed E-state index contributed by atoms with van der Waals surface area (Å²) in [5.41, 5.74) is 3.29. The molecule has 208 valence electrons. The Balaban J connectivity index is 1.38. The molecule has 0 amide bonds. The molecule has 0 unspecified atom stereocenters. The van der Waals surface area contributed by atoms with Gasteiger partial charge in [0.25, 0.3) is 0 Å². The summed E-state index contributed by atoms with van der Waals surface area (Å²) in [5, 5.41) is 31.6. The highest BCUT2D eigenvalue weighted by Gasteiger charge is 2.52. The SMILES string of the molecule is C=C1/C(=C\C=C2/CCC[C@]3(C)[C@@H]([C@H](C)[C@H](O)CCC4(C(=O)CCCCC)CC4)CC[C@@H]23)C[C@@H](O)C[C@@H]1O. The maximum atomic E-state index is 12.8. The lowest BCUT2D eigenvalue weighted by atomic mass is 9.60. The highest BCUT2D eigenvalue weighted by molar-refractivity contribution is 5.87. The number of aliphatic hydroxyl groups is 3. The Morgan fingerprint density at radius 3 is 2.62 bits per heavy atom. The first-order valence-electron chi connectivity index (χ1n) is 15.3. The molecule has 0 aromatic carbocycles. The van der Waals surface area contributed by atoms with E-state index in [0.717, 1.165) is 75.4 Å². The summed E-state index contributed by atoms with van der Waals surface area (Å²) < 4.78 is 0. The number of carbonyl (C=O) groups is 1. The highest BCUT2D eigenvalue weighted by atomic mass is 16.3. The average molecular weight is 513 g/mol. The third-order valence-electron chi connectivity index (χ3n) is 10.9. The molecule has 0 radical (unpaired) electrons. The molecule has 0 saturated heterocycles. The van der Waals surface area contributed by atoms with Crippen molar-refractivity contribution < 1.29 is 20.1 Å². The molecule has 0 aliphatic heterocycles. The van der Waals surface area contributed by atoms with Gasteiger partial charge in [-0.2, -0.15) is 0 Å². The van der Waals surface area contributed by atoms with Crippen molar-refractivity contribution in [3.63, 3.8) is 0 Å². The third-order valence-corrected chi connectivity index (χ3v) is 10.9. The minimum Gasteiger partial charge on any atom is -0.393 e. The fourth-order valence-electron chi connectivity index (χ4n) is 8.18. The number of aliphatic hydroxyl groups excluding tert-OH is 3. The van der Waals surface area contributed by atoms with Crippen molar-refractivity contribution in [3.8, 4) is 0 Å². The first kappa shape index (κ1) is 28.8. The molecule has 37 heavy (non-hydrogen) atoms. The van der Waals surface area contributed by atoms with E-state index in [2.05, 4.69) is 39.5 Å². The normalized spacial score (nSPS) is 37.0. The van der Waals surface area contributed by atoms with E-state index in [1.54, 1.807) is 0 Å². The van der Waals surface area contributed by atoms with Crippen LogP contribution in [0.15, 0.2) is 35.5 Å². The van der Waals surface area contributed by atoms with Gasteiger partial charge in [0.05, 0.1) is 18.3 Å².